The van der Waals surface area contributed by atoms with E-state index in [1.807, 2.05) is 0 Å². The minimum Gasteiger partial charge on any atom is -0.352 e. The number of rotatable bonds is 8. The number of nitrogens with two attached hydrogens (primary N) is 1. The third-order valence-electron chi connectivity index (χ3n) is 4.12. The molecule has 2 aromatic rings. The van der Waals surface area contributed by atoms with Crippen LogP contribution in [0.2, 0.25) is 0 Å². The number of alkyl halides is 3. The van der Waals surface area contributed by atoms with E-state index < -0.39 is 17.6 Å². The van der Waals surface area contributed by atoms with Crippen molar-refractivity contribution in [2.45, 2.75) is 25.4 Å². The molecule has 0 unspecified atom stereocenters. The smallest absolute Gasteiger partial charge is 0.352 e. The Labute approximate surface area is 161 Å². The van der Waals surface area contributed by atoms with Gasteiger partial charge in [-0.05, 0) is 48.7 Å². The Morgan fingerprint density at radius 1 is 1.04 bits per heavy atom. The van der Waals surface area contributed by atoms with Crippen LogP contribution in [0.1, 0.15) is 46.3 Å². The average molecular weight is 394 g/mol. The summed E-state index contributed by atoms with van der Waals surface area (Å²) < 4.78 is 51.9. The standard InChI is InChI=1S/C21H22F4N2O/c22-19-11-9-15(14-18(19)21(23,24)25)8-10-16-6-2-3-7-17(16)20(28)27-13-5-1-4-12-26/h2-3,6-11,14H,1,4-5,12-13,26H2,(H,27,28)/b10-8-. The number of halogens is 4. The number of carbonyl (C=O) groups excluding carboxylic acids is 1. The molecule has 0 aliphatic carbocycles. The molecule has 0 spiro atoms. The van der Waals surface area contributed by atoms with Gasteiger partial charge in [-0.25, -0.2) is 4.39 Å². The lowest BCUT2D eigenvalue weighted by Gasteiger charge is -2.09. The molecule has 3 nitrogen and oxygen atoms in total. The molecular formula is C21H22F4N2O. The number of benzene rings is 2. The lowest BCUT2D eigenvalue weighted by atomic mass is 10.0. The quantitative estimate of drug-likeness (QED) is 0.381. The largest absolute Gasteiger partial charge is 0.419 e. The van der Waals surface area contributed by atoms with Gasteiger partial charge in [0.15, 0.2) is 0 Å². The molecule has 2 aromatic carbocycles. The van der Waals surface area contributed by atoms with Crippen molar-refractivity contribution in [3.63, 3.8) is 0 Å². The summed E-state index contributed by atoms with van der Waals surface area (Å²) in [5.41, 5.74) is 5.26. The van der Waals surface area contributed by atoms with Crippen molar-refractivity contribution in [3.8, 4) is 0 Å². The van der Waals surface area contributed by atoms with Crippen molar-refractivity contribution in [1.82, 2.24) is 5.32 Å². The molecule has 28 heavy (non-hydrogen) atoms. The van der Waals surface area contributed by atoms with E-state index in [-0.39, 0.29) is 11.5 Å². The molecule has 7 heteroatoms. The minimum absolute atomic E-state index is 0.186. The van der Waals surface area contributed by atoms with E-state index in [1.165, 1.54) is 18.2 Å². The van der Waals surface area contributed by atoms with Crippen LogP contribution in [0.3, 0.4) is 0 Å². The Morgan fingerprint density at radius 3 is 2.50 bits per heavy atom. The Kier molecular flexibility index (Phi) is 7.75. The van der Waals surface area contributed by atoms with Crippen LogP contribution in [0.4, 0.5) is 17.6 Å². The molecule has 3 N–H and O–H groups in total. The minimum atomic E-state index is -4.77. The SMILES string of the molecule is NCCCCCNC(=O)c1ccccc1/C=C\c1ccc(F)c(C(F)(F)F)c1. The first-order valence-corrected chi connectivity index (χ1v) is 8.95. The summed E-state index contributed by atoms with van der Waals surface area (Å²) in [6.07, 6.45) is 0.822. The highest BCUT2D eigenvalue weighted by Gasteiger charge is 2.33. The third-order valence-corrected chi connectivity index (χ3v) is 4.12. The number of amides is 1. The van der Waals surface area contributed by atoms with E-state index in [9.17, 15) is 22.4 Å². The average Bonchev–Trinajstić information content (AvgIpc) is 2.66. The maximum Gasteiger partial charge on any atom is 0.419 e. The number of hydrogen-bond donors (Lipinski definition) is 2. The summed E-state index contributed by atoms with van der Waals surface area (Å²) >= 11 is 0. The topological polar surface area (TPSA) is 55.1 Å². The van der Waals surface area contributed by atoms with Crippen LogP contribution in [0.5, 0.6) is 0 Å². The van der Waals surface area contributed by atoms with Crippen molar-refractivity contribution in [3.05, 3.63) is 70.5 Å². The highest BCUT2D eigenvalue weighted by atomic mass is 19.4. The molecular weight excluding hydrogens is 372 g/mol. The summed E-state index contributed by atoms with van der Waals surface area (Å²) in [4.78, 5) is 12.4. The van der Waals surface area contributed by atoms with Gasteiger partial charge in [0.05, 0.1) is 5.56 Å². The molecule has 0 saturated heterocycles. The number of hydrogen-bond acceptors (Lipinski definition) is 2. The summed E-state index contributed by atoms with van der Waals surface area (Å²) in [7, 11) is 0. The fourth-order valence-corrected chi connectivity index (χ4v) is 2.64. The van der Waals surface area contributed by atoms with Crippen LogP contribution in [0, 0.1) is 5.82 Å². The van der Waals surface area contributed by atoms with Gasteiger partial charge in [-0.15, -0.1) is 0 Å². The lowest BCUT2D eigenvalue weighted by molar-refractivity contribution is -0.140. The first-order chi connectivity index (χ1) is 13.3. The van der Waals surface area contributed by atoms with Gasteiger partial charge in [-0.2, -0.15) is 13.2 Å². The van der Waals surface area contributed by atoms with Crippen molar-refractivity contribution in [1.29, 1.82) is 0 Å². The molecule has 0 radical (unpaired) electrons. The van der Waals surface area contributed by atoms with E-state index >= 15 is 0 Å². The molecule has 0 atom stereocenters. The van der Waals surface area contributed by atoms with Crippen LogP contribution in [-0.2, 0) is 6.18 Å². The number of nitrogens with one attached hydrogen (secondary N) is 1. The maximum absolute atomic E-state index is 13.4. The third kappa shape index (κ3) is 6.20. The van der Waals surface area contributed by atoms with Crippen molar-refractivity contribution in [2.75, 3.05) is 13.1 Å². The van der Waals surface area contributed by atoms with Gasteiger partial charge in [0.25, 0.3) is 5.91 Å². The van der Waals surface area contributed by atoms with Crippen molar-refractivity contribution >= 4 is 18.1 Å². The van der Waals surface area contributed by atoms with Crippen LogP contribution < -0.4 is 11.1 Å². The summed E-state index contributed by atoms with van der Waals surface area (Å²) in [5, 5.41) is 2.82. The van der Waals surface area contributed by atoms with Gasteiger partial charge in [0, 0.05) is 12.1 Å². The normalized spacial score (nSPS) is 11.8. The molecule has 0 saturated carbocycles. The Bertz CT molecular complexity index is 831. The molecule has 1 amide bonds. The second kappa shape index (κ2) is 10.0. The first-order valence-electron chi connectivity index (χ1n) is 8.95. The highest BCUT2D eigenvalue weighted by Crippen LogP contribution is 2.32. The van der Waals surface area contributed by atoms with Gasteiger partial charge in [0.2, 0.25) is 0 Å². The van der Waals surface area contributed by atoms with E-state index in [4.69, 9.17) is 5.73 Å². The zero-order valence-corrected chi connectivity index (χ0v) is 15.2. The zero-order chi connectivity index (χ0) is 20.6. The Balaban J connectivity index is 2.14. The van der Waals surface area contributed by atoms with Gasteiger partial charge in [-0.1, -0.05) is 42.8 Å². The highest BCUT2D eigenvalue weighted by molar-refractivity contribution is 5.98. The molecule has 0 aliphatic rings. The Hall–Kier alpha value is -2.67. The van der Waals surface area contributed by atoms with Gasteiger partial charge >= 0.3 is 6.18 Å². The Morgan fingerprint density at radius 2 is 1.79 bits per heavy atom. The van der Waals surface area contributed by atoms with E-state index in [0.717, 1.165) is 31.4 Å². The van der Waals surface area contributed by atoms with E-state index in [2.05, 4.69) is 5.32 Å². The summed E-state index contributed by atoms with van der Waals surface area (Å²) in [6, 6.07) is 9.54. The van der Waals surface area contributed by atoms with Gasteiger partial charge in [-0.3, -0.25) is 4.79 Å². The predicted octanol–water partition coefficient (Wildman–Crippen LogP) is 4.87. The molecule has 150 valence electrons. The van der Waals surface area contributed by atoms with Crippen molar-refractivity contribution in [2.24, 2.45) is 5.73 Å². The molecule has 0 aromatic heterocycles. The van der Waals surface area contributed by atoms with E-state index in [1.54, 1.807) is 24.3 Å². The molecule has 0 fully saturated rings. The van der Waals surface area contributed by atoms with Gasteiger partial charge in [0.1, 0.15) is 5.82 Å². The summed E-state index contributed by atoms with van der Waals surface area (Å²) in [6.45, 7) is 1.13. The molecule has 2 rings (SSSR count). The summed E-state index contributed by atoms with van der Waals surface area (Å²) in [5.74, 6) is -1.58. The van der Waals surface area contributed by atoms with Crippen LogP contribution in [0.25, 0.3) is 12.2 Å². The molecule has 0 aliphatic heterocycles. The number of unbranched alkanes of at least 4 members (excludes halogenated alkanes) is 2. The zero-order valence-electron chi connectivity index (χ0n) is 15.2. The maximum atomic E-state index is 13.4. The van der Waals surface area contributed by atoms with E-state index in [0.29, 0.717) is 24.2 Å². The van der Waals surface area contributed by atoms with Crippen LogP contribution in [0.15, 0.2) is 42.5 Å². The predicted molar refractivity (Wildman–Crippen MR) is 102 cm³/mol. The fourth-order valence-electron chi connectivity index (χ4n) is 2.64. The second-order valence-electron chi connectivity index (χ2n) is 6.26. The fraction of sp³-hybridized carbons (Fsp3) is 0.286. The first kappa shape index (κ1) is 21.6. The van der Waals surface area contributed by atoms with Gasteiger partial charge < -0.3 is 11.1 Å². The van der Waals surface area contributed by atoms with Crippen molar-refractivity contribution < 1.29 is 22.4 Å². The second-order valence-corrected chi connectivity index (χ2v) is 6.26. The lowest BCUT2D eigenvalue weighted by Crippen LogP contribution is -2.25. The van der Waals surface area contributed by atoms with Crippen LogP contribution in [-0.4, -0.2) is 19.0 Å². The molecule has 0 bridgehead atoms. The van der Waals surface area contributed by atoms with Crippen LogP contribution >= 0.6 is 0 Å². The monoisotopic (exact) mass is 394 g/mol. The molecule has 0 heterocycles. The number of carbonyl (C=O) groups is 1.